The number of quaternary nitrogens is 1. The molecule has 2 atom stereocenters. The molecule has 1 aromatic carbocycles. The second-order valence-electron chi connectivity index (χ2n) is 6.46. The summed E-state index contributed by atoms with van der Waals surface area (Å²) in [6, 6.07) is 13.9. The topological polar surface area (TPSA) is 62.6 Å². The van der Waals surface area contributed by atoms with E-state index in [-0.39, 0.29) is 37.0 Å². The first-order chi connectivity index (χ1) is 12.0. The van der Waals surface area contributed by atoms with Gasteiger partial charge in [0.05, 0.1) is 13.1 Å². The lowest BCUT2D eigenvalue weighted by atomic mass is 10.1. The summed E-state index contributed by atoms with van der Waals surface area (Å²) >= 11 is 1.62. The molecule has 5 nitrogen and oxygen atoms in total. The molecule has 1 aromatic heterocycles. The number of amides is 2. The van der Waals surface area contributed by atoms with Crippen molar-refractivity contribution in [2.75, 3.05) is 20.1 Å². The van der Waals surface area contributed by atoms with E-state index in [0.717, 1.165) is 15.3 Å². The zero-order valence-electron chi connectivity index (χ0n) is 14.9. The third kappa shape index (κ3) is 6.32. The monoisotopic (exact) mass is 360 g/mol. The van der Waals surface area contributed by atoms with Gasteiger partial charge in [-0.05, 0) is 30.9 Å². The Kier molecular flexibility index (Phi) is 7.16. The second-order valence-corrected chi connectivity index (χ2v) is 7.44. The van der Waals surface area contributed by atoms with Crippen LogP contribution >= 0.6 is 11.3 Å². The van der Waals surface area contributed by atoms with Crippen LogP contribution in [0.4, 0.5) is 0 Å². The molecule has 0 radical (unpaired) electrons. The van der Waals surface area contributed by atoms with Crippen molar-refractivity contribution < 1.29 is 14.5 Å². The number of hydrogen-bond donors (Lipinski definition) is 3. The van der Waals surface area contributed by atoms with E-state index >= 15 is 0 Å². The van der Waals surface area contributed by atoms with Crippen LogP contribution in [0.1, 0.15) is 30.3 Å². The largest absolute Gasteiger partial charge is 0.349 e. The van der Waals surface area contributed by atoms with Gasteiger partial charge in [-0.3, -0.25) is 9.59 Å². The van der Waals surface area contributed by atoms with Crippen LogP contribution in [0.3, 0.4) is 0 Å². The SMILES string of the molecule is CC(C)NC(=O)C[NH+](C)CC(=O)N[C@H](c1ccccc1)c1cccs1. The Balaban J connectivity index is 1.97. The molecule has 0 spiro atoms. The molecule has 1 unspecified atom stereocenters. The van der Waals surface area contributed by atoms with Gasteiger partial charge in [0.25, 0.3) is 11.8 Å². The van der Waals surface area contributed by atoms with Crippen molar-refractivity contribution in [1.82, 2.24) is 10.6 Å². The van der Waals surface area contributed by atoms with Crippen LogP contribution < -0.4 is 15.5 Å². The summed E-state index contributed by atoms with van der Waals surface area (Å²) in [5.41, 5.74) is 1.05. The molecule has 2 rings (SSSR count). The van der Waals surface area contributed by atoms with Gasteiger partial charge in [-0.25, -0.2) is 0 Å². The Labute approximate surface area is 153 Å². The van der Waals surface area contributed by atoms with E-state index in [4.69, 9.17) is 0 Å². The number of rotatable bonds is 8. The van der Waals surface area contributed by atoms with E-state index in [1.54, 1.807) is 11.3 Å². The molecule has 0 aliphatic heterocycles. The highest BCUT2D eigenvalue weighted by Gasteiger charge is 2.20. The third-order valence-electron chi connectivity index (χ3n) is 3.64. The zero-order valence-corrected chi connectivity index (χ0v) is 15.7. The van der Waals surface area contributed by atoms with Crippen molar-refractivity contribution in [3.05, 3.63) is 58.3 Å². The highest BCUT2D eigenvalue weighted by molar-refractivity contribution is 7.10. The van der Waals surface area contributed by atoms with Crippen molar-refractivity contribution in [2.45, 2.75) is 25.9 Å². The molecule has 1 heterocycles. The maximum atomic E-state index is 12.5. The van der Waals surface area contributed by atoms with Crippen LogP contribution in [0, 0.1) is 0 Å². The maximum Gasteiger partial charge on any atom is 0.275 e. The average molecular weight is 361 g/mol. The van der Waals surface area contributed by atoms with Crippen LogP contribution in [0.25, 0.3) is 0 Å². The van der Waals surface area contributed by atoms with E-state index < -0.39 is 0 Å². The summed E-state index contributed by atoms with van der Waals surface area (Å²) in [7, 11) is 1.85. The first-order valence-electron chi connectivity index (χ1n) is 8.44. The van der Waals surface area contributed by atoms with E-state index in [1.807, 2.05) is 68.7 Å². The first kappa shape index (κ1) is 19.1. The molecule has 0 fully saturated rings. The fourth-order valence-electron chi connectivity index (χ4n) is 2.62. The number of thiophene rings is 1. The number of carbonyl (C=O) groups is 2. The first-order valence-corrected chi connectivity index (χ1v) is 9.32. The normalized spacial score (nSPS) is 13.3. The molecule has 3 N–H and O–H groups in total. The van der Waals surface area contributed by atoms with E-state index in [1.165, 1.54) is 0 Å². The Morgan fingerprint density at radius 3 is 2.20 bits per heavy atom. The lowest BCUT2D eigenvalue weighted by molar-refractivity contribution is -0.862. The number of carbonyl (C=O) groups excluding carboxylic acids is 2. The standard InChI is InChI=1S/C19H25N3O2S/c1-14(2)20-17(23)12-22(3)13-18(24)21-19(16-10-7-11-25-16)15-8-5-4-6-9-15/h4-11,14,19H,12-13H2,1-3H3,(H,20,23)(H,21,24)/p+1/t19-/m1/s1. The average Bonchev–Trinajstić information content (AvgIpc) is 3.06. The number of benzene rings is 1. The summed E-state index contributed by atoms with van der Waals surface area (Å²) in [6.45, 7) is 4.37. The number of nitrogens with one attached hydrogen (secondary N) is 3. The molecule has 2 aromatic rings. The zero-order chi connectivity index (χ0) is 18.2. The third-order valence-corrected chi connectivity index (χ3v) is 4.58. The minimum Gasteiger partial charge on any atom is -0.349 e. The van der Waals surface area contributed by atoms with Crippen LogP contribution in [-0.2, 0) is 9.59 Å². The molecule has 2 amide bonds. The van der Waals surface area contributed by atoms with Gasteiger partial charge in [0.1, 0.15) is 0 Å². The molecule has 25 heavy (non-hydrogen) atoms. The molecule has 6 heteroatoms. The summed E-state index contributed by atoms with van der Waals surface area (Å²) in [5, 5.41) is 7.95. The van der Waals surface area contributed by atoms with Crippen molar-refractivity contribution in [3.8, 4) is 0 Å². The Morgan fingerprint density at radius 2 is 1.64 bits per heavy atom. The van der Waals surface area contributed by atoms with E-state index in [9.17, 15) is 9.59 Å². The molecule has 0 saturated carbocycles. The van der Waals surface area contributed by atoms with Crippen molar-refractivity contribution in [1.29, 1.82) is 0 Å². The quantitative estimate of drug-likeness (QED) is 0.658. The Morgan fingerprint density at radius 1 is 1.00 bits per heavy atom. The van der Waals surface area contributed by atoms with Gasteiger partial charge in [-0.2, -0.15) is 0 Å². The molecular formula is C19H26N3O2S+. The molecule has 0 aliphatic rings. The smallest absolute Gasteiger partial charge is 0.275 e. The number of hydrogen-bond acceptors (Lipinski definition) is 3. The van der Waals surface area contributed by atoms with Gasteiger partial charge in [-0.1, -0.05) is 36.4 Å². The van der Waals surface area contributed by atoms with Gasteiger partial charge in [0.2, 0.25) is 0 Å². The van der Waals surface area contributed by atoms with Gasteiger partial charge in [0, 0.05) is 10.9 Å². The van der Waals surface area contributed by atoms with Gasteiger partial charge in [-0.15, -0.1) is 11.3 Å². The van der Waals surface area contributed by atoms with Crippen LogP contribution in [0.2, 0.25) is 0 Å². The fourth-order valence-corrected chi connectivity index (χ4v) is 3.42. The fraction of sp³-hybridized carbons (Fsp3) is 0.368. The predicted octanol–water partition coefficient (Wildman–Crippen LogP) is 0.993. The summed E-state index contributed by atoms with van der Waals surface area (Å²) in [4.78, 5) is 26.2. The maximum absolute atomic E-state index is 12.5. The van der Waals surface area contributed by atoms with E-state index in [2.05, 4.69) is 10.6 Å². The van der Waals surface area contributed by atoms with E-state index in [0.29, 0.717) is 0 Å². The summed E-state index contributed by atoms with van der Waals surface area (Å²) in [6.07, 6.45) is 0. The summed E-state index contributed by atoms with van der Waals surface area (Å²) in [5.74, 6) is -0.115. The second kappa shape index (κ2) is 9.34. The van der Waals surface area contributed by atoms with Gasteiger partial charge < -0.3 is 15.5 Å². The van der Waals surface area contributed by atoms with Crippen molar-refractivity contribution >= 4 is 23.2 Å². The lowest BCUT2D eigenvalue weighted by Crippen LogP contribution is -3.11. The molecule has 134 valence electrons. The molecular weight excluding hydrogens is 334 g/mol. The van der Waals surface area contributed by atoms with Crippen LogP contribution in [-0.4, -0.2) is 38.0 Å². The molecule has 0 saturated heterocycles. The van der Waals surface area contributed by atoms with Crippen LogP contribution in [0.5, 0.6) is 0 Å². The molecule has 0 aliphatic carbocycles. The van der Waals surface area contributed by atoms with Gasteiger partial charge >= 0.3 is 0 Å². The lowest BCUT2D eigenvalue weighted by Gasteiger charge is -2.20. The van der Waals surface area contributed by atoms with Crippen molar-refractivity contribution in [2.24, 2.45) is 0 Å². The Hall–Kier alpha value is -2.18. The minimum absolute atomic E-state index is 0.0434. The number of likely N-dealkylation sites (N-methyl/N-ethyl adjacent to an activating group) is 1. The Bertz CT molecular complexity index is 671. The summed E-state index contributed by atoms with van der Waals surface area (Å²) < 4.78 is 0. The predicted molar refractivity (Wildman–Crippen MR) is 101 cm³/mol. The van der Waals surface area contributed by atoms with Gasteiger partial charge in [0.15, 0.2) is 13.1 Å². The highest BCUT2D eigenvalue weighted by atomic mass is 32.1. The highest BCUT2D eigenvalue weighted by Crippen LogP contribution is 2.25. The minimum atomic E-state index is -0.161. The van der Waals surface area contributed by atoms with Crippen molar-refractivity contribution in [3.63, 3.8) is 0 Å². The van der Waals surface area contributed by atoms with Crippen LogP contribution in [0.15, 0.2) is 47.8 Å². The molecule has 0 bridgehead atoms.